The monoisotopic (exact) mass is 501 g/mol. The van der Waals surface area contributed by atoms with Crippen molar-refractivity contribution in [1.29, 1.82) is 0 Å². The van der Waals surface area contributed by atoms with Crippen LogP contribution >= 0.6 is 0 Å². The fourth-order valence-electron chi connectivity index (χ4n) is 3.82. The van der Waals surface area contributed by atoms with E-state index in [1.54, 1.807) is 11.5 Å². The highest BCUT2D eigenvalue weighted by atomic mass is 32.2. The molecule has 0 saturated carbocycles. The van der Waals surface area contributed by atoms with Crippen molar-refractivity contribution in [2.45, 2.75) is 45.7 Å². The Kier molecular flexibility index (Phi) is 6.66. The summed E-state index contributed by atoms with van der Waals surface area (Å²) in [6, 6.07) is 3.13. The maximum Gasteiger partial charge on any atom is 0.534 e. The average Bonchev–Trinajstić information content (AvgIpc) is 2.70. The summed E-state index contributed by atoms with van der Waals surface area (Å²) < 4.78 is 72.8. The van der Waals surface area contributed by atoms with Crippen LogP contribution < -0.4 is 9.61 Å². The lowest BCUT2D eigenvalue weighted by Crippen LogP contribution is -2.30. The molecule has 1 aromatic carbocycles. The van der Waals surface area contributed by atoms with Crippen LogP contribution in [-0.4, -0.2) is 36.9 Å². The number of esters is 1. The molecule has 0 aliphatic carbocycles. The van der Waals surface area contributed by atoms with Crippen molar-refractivity contribution in [1.82, 2.24) is 4.57 Å². The van der Waals surface area contributed by atoms with Gasteiger partial charge >= 0.3 is 21.6 Å². The third-order valence-corrected chi connectivity index (χ3v) is 6.44. The van der Waals surface area contributed by atoms with E-state index in [2.05, 4.69) is 4.18 Å². The second kappa shape index (κ2) is 8.90. The topological polar surface area (TPSA) is 109 Å². The molecule has 0 amide bonds. The number of carbonyl (C=O) groups is 2. The first-order valence-electron chi connectivity index (χ1n) is 10.3. The molecule has 3 rings (SSSR count). The molecule has 0 spiro atoms. The molecule has 2 aromatic rings. The Morgan fingerprint density at radius 2 is 1.82 bits per heavy atom. The minimum atomic E-state index is -6.01. The van der Waals surface area contributed by atoms with E-state index in [1.807, 2.05) is 13.8 Å². The smallest absolute Gasteiger partial charge is 0.462 e. The summed E-state index contributed by atoms with van der Waals surface area (Å²) in [5.74, 6) is -2.33. The van der Waals surface area contributed by atoms with Crippen LogP contribution in [0.25, 0.3) is 11.3 Å². The van der Waals surface area contributed by atoms with E-state index < -0.39 is 44.1 Å². The molecular weight excluding hydrogens is 479 g/mol. The molecule has 0 N–H and O–H groups in total. The Balaban J connectivity index is 2.26. The zero-order chi connectivity index (χ0) is 25.6. The Labute approximate surface area is 193 Å². The van der Waals surface area contributed by atoms with Gasteiger partial charge in [-0.15, -0.1) is 0 Å². The van der Waals surface area contributed by atoms with Crippen LogP contribution in [0.3, 0.4) is 0 Å². The van der Waals surface area contributed by atoms with Crippen molar-refractivity contribution < 1.29 is 40.1 Å². The maximum absolute atomic E-state index is 12.9. The van der Waals surface area contributed by atoms with Crippen molar-refractivity contribution in [3.8, 4) is 17.0 Å². The van der Waals surface area contributed by atoms with Gasteiger partial charge < -0.3 is 13.5 Å². The lowest BCUT2D eigenvalue weighted by atomic mass is 9.86. The number of halogens is 3. The van der Waals surface area contributed by atoms with Crippen LogP contribution in [0.15, 0.2) is 29.2 Å². The Hall–Kier alpha value is -3.15. The zero-order valence-electron chi connectivity index (χ0n) is 18.7. The molecule has 12 heteroatoms. The molecule has 0 bridgehead atoms. The van der Waals surface area contributed by atoms with E-state index in [-0.39, 0.29) is 30.6 Å². The molecule has 1 atom stereocenters. The van der Waals surface area contributed by atoms with Gasteiger partial charge in [0.1, 0.15) is 5.56 Å². The first-order valence-corrected chi connectivity index (χ1v) is 11.7. The summed E-state index contributed by atoms with van der Waals surface area (Å²) in [5.41, 5.74) is -5.84. The molecule has 2 heterocycles. The second-order valence-corrected chi connectivity index (χ2v) is 9.66. The van der Waals surface area contributed by atoms with Crippen molar-refractivity contribution in [2.24, 2.45) is 5.92 Å². The Morgan fingerprint density at radius 3 is 2.35 bits per heavy atom. The number of rotatable bonds is 6. The molecule has 34 heavy (non-hydrogen) atoms. The number of nitrogens with zero attached hydrogens (tertiary/aromatic N) is 1. The van der Waals surface area contributed by atoms with Gasteiger partial charge in [0, 0.05) is 23.9 Å². The van der Waals surface area contributed by atoms with Gasteiger partial charge in [0.2, 0.25) is 0 Å². The summed E-state index contributed by atoms with van der Waals surface area (Å²) in [7, 11) is -6.01. The summed E-state index contributed by atoms with van der Waals surface area (Å²) in [4.78, 5) is 37.1. The molecule has 1 aromatic heterocycles. The molecule has 1 aliphatic heterocycles. The highest BCUT2D eigenvalue weighted by molar-refractivity contribution is 7.88. The largest absolute Gasteiger partial charge is 0.534 e. The van der Waals surface area contributed by atoms with Gasteiger partial charge in [-0.1, -0.05) is 13.8 Å². The van der Waals surface area contributed by atoms with Crippen molar-refractivity contribution in [3.05, 3.63) is 51.3 Å². The second-order valence-electron chi connectivity index (χ2n) is 8.12. The number of carbonyl (C=O) groups excluding carboxylic acids is 2. The third kappa shape index (κ3) is 4.59. The highest BCUT2D eigenvalue weighted by Gasteiger charge is 2.49. The fraction of sp³-hybridized carbons (Fsp3) is 0.409. The molecule has 0 fully saturated rings. The summed E-state index contributed by atoms with van der Waals surface area (Å²) >= 11 is 0. The van der Waals surface area contributed by atoms with Gasteiger partial charge in [-0.05, 0) is 43.9 Å². The highest BCUT2D eigenvalue weighted by Crippen LogP contribution is 2.41. The predicted octanol–water partition coefficient (Wildman–Crippen LogP) is 3.88. The van der Waals surface area contributed by atoms with Crippen LogP contribution in [0.2, 0.25) is 0 Å². The Bertz CT molecular complexity index is 1330. The number of hydrogen-bond acceptors (Lipinski definition) is 7. The normalized spacial score (nSPS) is 15.5. The number of ketones is 1. The van der Waals surface area contributed by atoms with Gasteiger partial charge in [-0.2, -0.15) is 21.6 Å². The molecule has 8 nitrogen and oxygen atoms in total. The number of alkyl halides is 3. The number of aromatic nitrogens is 1. The number of Topliss-reactive ketones (excluding diaryl/α,β-unsaturated/α-hetero) is 1. The van der Waals surface area contributed by atoms with Gasteiger partial charge in [-0.25, -0.2) is 4.79 Å². The van der Waals surface area contributed by atoms with Crippen molar-refractivity contribution in [2.75, 3.05) is 6.61 Å². The SMILES string of the molecule is CCOC(=O)c1cn2c(cc1=O)-c1cc(C(C)=O)c(OS(=O)(=O)C(F)(F)F)cc1CC2C(C)C. The first-order chi connectivity index (χ1) is 15.7. The summed E-state index contributed by atoms with van der Waals surface area (Å²) in [6.07, 6.45) is 1.58. The minimum Gasteiger partial charge on any atom is -0.462 e. The molecule has 1 unspecified atom stereocenters. The van der Waals surface area contributed by atoms with E-state index in [0.717, 1.165) is 13.0 Å². The van der Waals surface area contributed by atoms with Crippen molar-refractivity contribution >= 4 is 21.9 Å². The van der Waals surface area contributed by atoms with E-state index in [4.69, 9.17) is 4.74 Å². The van der Waals surface area contributed by atoms with Crippen LogP contribution in [0.1, 0.15) is 60.0 Å². The molecular formula is C22H22F3NO7S. The lowest BCUT2D eigenvalue weighted by molar-refractivity contribution is -0.0500. The molecule has 184 valence electrons. The lowest BCUT2D eigenvalue weighted by Gasteiger charge is -2.34. The van der Waals surface area contributed by atoms with Gasteiger partial charge in [0.15, 0.2) is 17.0 Å². The van der Waals surface area contributed by atoms with E-state index in [9.17, 15) is 36.0 Å². The van der Waals surface area contributed by atoms with Gasteiger partial charge in [0.25, 0.3) is 0 Å². The fourth-order valence-corrected chi connectivity index (χ4v) is 4.29. The van der Waals surface area contributed by atoms with E-state index in [1.165, 1.54) is 18.3 Å². The van der Waals surface area contributed by atoms with E-state index >= 15 is 0 Å². The maximum atomic E-state index is 12.9. The van der Waals surface area contributed by atoms with Crippen LogP contribution in [0.5, 0.6) is 5.75 Å². The molecule has 1 aliphatic rings. The third-order valence-electron chi connectivity index (χ3n) is 5.47. The number of pyridine rings is 1. The number of ether oxygens (including phenoxy) is 1. The summed E-state index contributed by atoms with van der Waals surface area (Å²) in [5, 5.41) is 0. The first kappa shape index (κ1) is 25.5. The number of fused-ring (bicyclic) bond motifs is 3. The number of benzene rings is 1. The van der Waals surface area contributed by atoms with E-state index in [0.29, 0.717) is 16.8 Å². The zero-order valence-corrected chi connectivity index (χ0v) is 19.5. The van der Waals surface area contributed by atoms with Gasteiger partial charge in [0.05, 0.1) is 17.9 Å². The quantitative estimate of drug-likeness (QED) is 0.256. The summed E-state index contributed by atoms with van der Waals surface area (Å²) in [6.45, 7) is 6.46. The standard InChI is InChI=1S/C22H22F3NO7S/c1-5-32-21(29)16-10-26-17(11(2)3)6-13-7-20(33-34(30,31)22(23,24)25)14(12(4)27)8-15(13)18(26)9-19(16)28/h7-11,17H,5-6H2,1-4H3. The van der Waals surface area contributed by atoms with Crippen LogP contribution in [-0.2, 0) is 21.3 Å². The molecule has 0 saturated heterocycles. The van der Waals surface area contributed by atoms with Crippen molar-refractivity contribution in [3.63, 3.8) is 0 Å². The minimum absolute atomic E-state index is 0.0554. The van der Waals surface area contributed by atoms with Crippen LogP contribution in [0, 0.1) is 5.92 Å². The molecule has 0 radical (unpaired) electrons. The predicted molar refractivity (Wildman–Crippen MR) is 115 cm³/mol. The Morgan fingerprint density at radius 1 is 1.18 bits per heavy atom. The van der Waals surface area contributed by atoms with Gasteiger partial charge in [-0.3, -0.25) is 9.59 Å². The van der Waals surface area contributed by atoms with Crippen LogP contribution in [0.4, 0.5) is 13.2 Å². The average molecular weight is 501 g/mol. The number of hydrogen-bond donors (Lipinski definition) is 0.